The number of aliphatic hydroxyl groups excluding tert-OH is 2. The maximum atomic E-state index is 13.3. The Morgan fingerprint density at radius 2 is 1.21 bits per heavy atom. The Balaban J connectivity index is 0.850. The van der Waals surface area contributed by atoms with Gasteiger partial charge in [0.15, 0.2) is 25.2 Å². The predicted octanol–water partition coefficient (Wildman–Crippen LogP) is 5.60. The van der Waals surface area contributed by atoms with E-state index in [4.69, 9.17) is 56.8 Å². The van der Waals surface area contributed by atoms with Crippen LogP contribution in [0.3, 0.4) is 0 Å². The fourth-order valence-corrected chi connectivity index (χ4v) is 14.2. The van der Waals surface area contributed by atoms with Gasteiger partial charge in [0.05, 0.1) is 60.5 Å². The highest BCUT2D eigenvalue weighted by atomic mass is 16.8. The van der Waals surface area contributed by atoms with Crippen LogP contribution in [0.4, 0.5) is 0 Å². The van der Waals surface area contributed by atoms with E-state index in [0.29, 0.717) is 50.5 Å². The van der Waals surface area contributed by atoms with Crippen LogP contribution in [0.1, 0.15) is 133 Å². The molecule has 0 aromatic rings. The van der Waals surface area contributed by atoms with Crippen LogP contribution in [0.25, 0.3) is 0 Å². The Kier molecular flexibility index (Phi) is 16.9. The van der Waals surface area contributed by atoms with Gasteiger partial charge in [-0.05, 0) is 111 Å². The van der Waals surface area contributed by atoms with Crippen molar-refractivity contribution in [1.29, 1.82) is 0 Å². The molecule has 0 amide bonds. The van der Waals surface area contributed by atoms with Crippen molar-refractivity contribution in [1.82, 2.24) is 0 Å². The first-order valence-corrected chi connectivity index (χ1v) is 26.1. The highest BCUT2D eigenvalue weighted by Gasteiger charge is 2.71. The molecule has 24 atom stereocenters. The van der Waals surface area contributed by atoms with Crippen molar-refractivity contribution in [3.63, 3.8) is 0 Å². The van der Waals surface area contributed by atoms with E-state index in [1.54, 1.807) is 48.2 Å². The number of esters is 1. The summed E-state index contributed by atoms with van der Waals surface area (Å²) in [5.74, 6) is -0.738. The van der Waals surface area contributed by atoms with Crippen molar-refractivity contribution in [2.45, 2.75) is 249 Å². The van der Waals surface area contributed by atoms with Gasteiger partial charge in [-0.15, -0.1) is 0 Å². The van der Waals surface area contributed by atoms with E-state index in [9.17, 15) is 24.9 Å². The van der Waals surface area contributed by atoms with Gasteiger partial charge >= 0.3 is 5.97 Å². The standard InChI is InChI=1S/C53H84O17/c1-13-26(2)50(57)67-41-21-36-35(53(58)19-17-34(27(3)54)52(41,53)9)15-14-32-20-33(16-18-51(32,36)8)66-43-24-39(60-11)49(30(6)64-43)70-45-25-40(61-12)48(31(7)65-45)69-42-22-37(55)47(29(5)63-42)68-44-23-38(59-10)46(56)28(4)62-44/h13-14,28-31,33-49,55-56,58H,15-25H2,1-12H3/b26-13+/t28?,29?,30?,31?,33-,34+,35?,36?,37?,38?,39?,40?,41+,42?,43?,44?,45?,46?,47?,48?,49?,51-,52-,53-/m0/s1. The Morgan fingerprint density at radius 1 is 0.686 bits per heavy atom. The van der Waals surface area contributed by atoms with Crippen LogP contribution < -0.4 is 0 Å². The SMILES string of the molecule is C/C=C(\C)C(=O)O[C@@H]1CC2C(CC=C3C[C@@H](OC4CC(OC)C(OC5CC(OC)C(OC6CC(O)C(OC7CC(OC)C(O)C(C)O7)C(C)O6)C(C)O5)C(C)O4)CC[C@@]32C)[C@@]2(O)CC[C@H](C(C)=O)[C@@]12C. The quantitative estimate of drug-likeness (QED) is 0.110. The van der Waals surface area contributed by atoms with Crippen LogP contribution in [0, 0.1) is 28.6 Å². The predicted molar refractivity (Wildman–Crippen MR) is 252 cm³/mol. The number of ether oxygens (including phenoxy) is 12. The monoisotopic (exact) mass is 993 g/mol. The van der Waals surface area contributed by atoms with E-state index in [2.05, 4.69) is 13.0 Å². The van der Waals surface area contributed by atoms with Crippen molar-refractivity contribution in [2.24, 2.45) is 28.6 Å². The fraction of sp³-hybridized carbons (Fsp3) is 0.887. The van der Waals surface area contributed by atoms with Crippen LogP contribution in [-0.2, 0) is 66.4 Å². The van der Waals surface area contributed by atoms with Crippen molar-refractivity contribution >= 4 is 11.8 Å². The lowest BCUT2D eigenvalue weighted by atomic mass is 9.45. The summed E-state index contributed by atoms with van der Waals surface area (Å²) in [5.41, 5.74) is -0.451. The smallest absolute Gasteiger partial charge is 0.333 e. The van der Waals surface area contributed by atoms with E-state index >= 15 is 0 Å². The summed E-state index contributed by atoms with van der Waals surface area (Å²) in [5, 5.41) is 34.5. The molecule has 4 saturated heterocycles. The average molecular weight is 993 g/mol. The van der Waals surface area contributed by atoms with Gasteiger partial charge in [-0.25, -0.2) is 4.79 Å². The second-order valence-electron chi connectivity index (χ2n) is 22.3. The number of carbonyl (C=O) groups excluding carboxylic acids is 2. The molecule has 4 aliphatic carbocycles. The summed E-state index contributed by atoms with van der Waals surface area (Å²) in [7, 11) is 4.85. The number of Topliss-reactive ketones (excluding diaryl/α,β-unsaturated/α-hetero) is 1. The molecule has 8 aliphatic rings. The minimum Gasteiger partial charge on any atom is -0.458 e. The minimum absolute atomic E-state index is 0.0387. The fourth-order valence-electron chi connectivity index (χ4n) is 14.2. The summed E-state index contributed by atoms with van der Waals surface area (Å²) in [4.78, 5) is 26.5. The Hall–Kier alpha value is -1.94. The van der Waals surface area contributed by atoms with Crippen LogP contribution in [0.2, 0.25) is 0 Å². The van der Waals surface area contributed by atoms with Gasteiger partial charge in [-0.2, -0.15) is 0 Å². The molecular formula is C53H84O17. The Labute approximate surface area is 414 Å². The van der Waals surface area contributed by atoms with Crippen LogP contribution >= 0.6 is 0 Å². The highest BCUT2D eigenvalue weighted by Crippen LogP contribution is 2.68. The lowest BCUT2D eigenvalue weighted by molar-refractivity contribution is -0.346. The van der Waals surface area contributed by atoms with Gasteiger partial charge < -0.3 is 72.2 Å². The number of rotatable bonds is 14. The number of methoxy groups -OCH3 is 3. The summed E-state index contributed by atoms with van der Waals surface area (Å²) in [6.45, 7) is 16.9. The van der Waals surface area contributed by atoms with Crippen molar-refractivity contribution in [3.05, 3.63) is 23.3 Å². The lowest BCUT2D eigenvalue weighted by Gasteiger charge is -2.63. The first kappa shape index (κ1) is 54.3. The third-order valence-corrected chi connectivity index (χ3v) is 18.5. The van der Waals surface area contributed by atoms with E-state index in [0.717, 1.165) is 19.3 Å². The number of hydrogen-bond acceptors (Lipinski definition) is 17. The molecule has 0 bridgehead atoms. The van der Waals surface area contributed by atoms with E-state index in [1.807, 2.05) is 34.6 Å². The third kappa shape index (κ3) is 10.1. The highest BCUT2D eigenvalue weighted by molar-refractivity contribution is 5.88. The molecule has 70 heavy (non-hydrogen) atoms. The molecule has 398 valence electrons. The normalized spacial score (nSPS) is 49.8. The maximum Gasteiger partial charge on any atom is 0.333 e. The summed E-state index contributed by atoms with van der Waals surface area (Å²) in [6.07, 6.45) is 0.405. The first-order chi connectivity index (χ1) is 33.2. The number of carbonyl (C=O) groups is 2. The topological polar surface area (TPSA) is 206 Å². The molecule has 18 unspecified atom stereocenters. The molecule has 17 nitrogen and oxygen atoms in total. The van der Waals surface area contributed by atoms with Gasteiger partial charge in [0.2, 0.25) is 0 Å². The van der Waals surface area contributed by atoms with Gasteiger partial charge in [-0.3, -0.25) is 4.79 Å². The lowest BCUT2D eigenvalue weighted by Crippen LogP contribution is -2.66. The minimum atomic E-state index is -1.15. The number of allylic oxidation sites excluding steroid dienone is 2. The van der Waals surface area contributed by atoms with Crippen LogP contribution in [0.15, 0.2) is 23.3 Å². The third-order valence-electron chi connectivity index (χ3n) is 18.5. The molecular weight excluding hydrogens is 909 g/mol. The van der Waals surface area contributed by atoms with Gasteiger partial charge in [0, 0.05) is 63.9 Å². The summed E-state index contributed by atoms with van der Waals surface area (Å²) >= 11 is 0. The molecule has 3 saturated carbocycles. The van der Waals surface area contributed by atoms with Crippen molar-refractivity contribution < 1.29 is 81.8 Å². The van der Waals surface area contributed by atoms with E-state index < -0.39 is 115 Å². The number of fused-ring (bicyclic) bond motifs is 5. The van der Waals surface area contributed by atoms with Gasteiger partial charge in [0.1, 0.15) is 36.3 Å². The first-order valence-electron chi connectivity index (χ1n) is 26.1. The van der Waals surface area contributed by atoms with Crippen LogP contribution in [0.5, 0.6) is 0 Å². The van der Waals surface area contributed by atoms with E-state index in [1.165, 1.54) is 5.57 Å². The van der Waals surface area contributed by atoms with Crippen molar-refractivity contribution in [2.75, 3.05) is 21.3 Å². The molecule has 4 aliphatic heterocycles. The zero-order valence-corrected chi connectivity index (χ0v) is 43.6. The van der Waals surface area contributed by atoms with E-state index in [-0.39, 0.29) is 47.6 Å². The van der Waals surface area contributed by atoms with Crippen molar-refractivity contribution in [3.8, 4) is 0 Å². The average Bonchev–Trinajstić information content (AvgIpc) is 3.61. The maximum absolute atomic E-state index is 13.3. The molecule has 0 radical (unpaired) electrons. The summed E-state index contributed by atoms with van der Waals surface area (Å²) in [6, 6.07) is 0. The molecule has 7 fully saturated rings. The second kappa shape index (κ2) is 21.7. The summed E-state index contributed by atoms with van der Waals surface area (Å²) < 4.78 is 75.0. The second-order valence-corrected chi connectivity index (χ2v) is 22.3. The molecule has 4 heterocycles. The van der Waals surface area contributed by atoms with Crippen LogP contribution in [-0.4, -0.2) is 165 Å². The molecule has 8 rings (SSSR count). The zero-order valence-electron chi connectivity index (χ0n) is 43.6. The number of hydrogen-bond donors (Lipinski definition) is 3. The molecule has 0 spiro atoms. The van der Waals surface area contributed by atoms with Gasteiger partial charge in [-0.1, -0.05) is 31.6 Å². The molecule has 0 aromatic carbocycles. The molecule has 17 heteroatoms. The largest absolute Gasteiger partial charge is 0.458 e. The number of aliphatic hydroxyl groups is 3. The number of ketones is 1. The van der Waals surface area contributed by atoms with Gasteiger partial charge in [0.25, 0.3) is 0 Å². The zero-order chi connectivity index (χ0) is 50.6. The molecule has 3 N–H and O–H groups in total. The Morgan fingerprint density at radius 3 is 1.77 bits per heavy atom. The Bertz CT molecular complexity index is 1880. The molecule has 0 aromatic heterocycles.